The van der Waals surface area contributed by atoms with Crippen LogP contribution in [0.5, 0.6) is 0 Å². The minimum atomic E-state index is -0.145. The average Bonchev–Trinajstić information content (AvgIpc) is 2.75. The third kappa shape index (κ3) is 0.792. The summed E-state index contributed by atoms with van der Waals surface area (Å²) >= 11 is 0. The van der Waals surface area contributed by atoms with Crippen molar-refractivity contribution < 1.29 is 14.3 Å². The molecule has 0 unspecified atom stereocenters. The van der Waals surface area contributed by atoms with Gasteiger partial charge in [-0.1, -0.05) is 0 Å². The highest BCUT2D eigenvalue weighted by molar-refractivity contribution is 5.88. The van der Waals surface area contributed by atoms with Crippen molar-refractivity contribution in [3.05, 3.63) is 0 Å². The zero-order chi connectivity index (χ0) is 9.87. The predicted molar refractivity (Wildman–Crippen MR) is 47.1 cm³/mol. The van der Waals surface area contributed by atoms with E-state index in [9.17, 15) is 9.59 Å². The molecule has 0 spiro atoms. The van der Waals surface area contributed by atoms with Crippen LogP contribution in [-0.2, 0) is 14.3 Å². The van der Waals surface area contributed by atoms with Crippen LogP contribution in [0, 0.1) is 23.7 Å². The smallest absolute Gasteiger partial charge is 0.310 e. The summed E-state index contributed by atoms with van der Waals surface area (Å²) in [5, 5.41) is 2.65. The number of fused-ring (bicyclic) bond motifs is 1. The molecule has 2 bridgehead atoms. The quantitative estimate of drug-likeness (QED) is 0.596. The summed E-state index contributed by atoms with van der Waals surface area (Å²) in [5.41, 5.74) is 0. The Morgan fingerprint density at radius 2 is 2.29 bits per heavy atom. The summed E-state index contributed by atoms with van der Waals surface area (Å²) in [6, 6.07) is 0. The number of esters is 1. The van der Waals surface area contributed by atoms with E-state index in [1.807, 2.05) is 0 Å². The highest BCUT2D eigenvalue weighted by Gasteiger charge is 2.63. The second-order valence-corrected chi connectivity index (χ2v) is 4.54. The van der Waals surface area contributed by atoms with Gasteiger partial charge in [-0.2, -0.15) is 0 Å². The van der Waals surface area contributed by atoms with Gasteiger partial charge < -0.3 is 10.1 Å². The third-order valence-corrected chi connectivity index (χ3v) is 4.03. The summed E-state index contributed by atoms with van der Waals surface area (Å²) in [4.78, 5) is 23.1. The zero-order valence-corrected chi connectivity index (χ0v) is 8.03. The largest absolute Gasteiger partial charge is 0.462 e. The molecule has 1 heterocycles. The van der Waals surface area contributed by atoms with Crippen LogP contribution in [0.1, 0.15) is 12.8 Å². The number of rotatable bonds is 1. The van der Waals surface area contributed by atoms with Gasteiger partial charge in [-0.05, 0) is 18.8 Å². The summed E-state index contributed by atoms with van der Waals surface area (Å²) in [6.45, 7) is 0. The molecule has 3 rings (SSSR count). The van der Waals surface area contributed by atoms with Crippen LogP contribution >= 0.6 is 0 Å². The first-order valence-electron chi connectivity index (χ1n) is 5.14. The molecule has 0 aromatic carbocycles. The van der Waals surface area contributed by atoms with E-state index in [2.05, 4.69) is 5.32 Å². The number of carbonyl (C=O) groups is 2. The molecule has 2 saturated carbocycles. The van der Waals surface area contributed by atoms with E-state index in [4.69, 9.17) is 4.74 Å². The molecule has 3 aliphatic rings. The Bertz CT molecular complexity index is 312. The fourth-order valence-corrected chi connectivity index (χ4v) is 3.53. The van der Waals surface area contributed by atoms with Gasteiger partial charge in [0.25, 0.3) is 0 Å². The molecule has 0 aromatic rings. The fourth-order valence-electron chi connectivity index (χ4n) is 3.53. The maximum absolute atomic E-state index is 11.6. The Morgan fingerprint density at radius 1 is 1.50 bits per heavy atom. The van der Waals surface area contributed by atoms with Gasteiger partial charge in [0, 0.05) is 13.0 Å². The highest BCUT2D eigenvalue weighted by Crippen LogP contribution is 2.57. The molecular formula is C10H13NO3. The molecule has 0 aromatic heterocycles. The lowest BCUT2D eigenvalue weighted by Crippen LogP contribution is -2.38. The number of nitrogens with one attached hydrogen (secondary N) is 1. The maximum Gasteiger partial charge on any atom is 0.310 e. The Kier molecular flexibility index (Phi) is 1.47. The molecule has 2 aliphatic carbocycles. The van der Waals surface area contributed by atoms with Crippen LogP contribution in [0.25, 0.3) is 0 Å². The number of hydrogen-bond donors (Lipinski definition) is 1. The van der Waals surface area contributed by atoms with Gasteiger partial charge in [0.15, 0.2) is 0 Å². The zero-order valence-electron chi connectivity index (χ0n) is 8.03. The van der Waals surface area contributed by atoms with Gasteiger partial charge >= 0.3 is 5.97 Å². The van der Waals surface area contributed by atoms with Gasteiger partial charge in [-0.25, -0.2) is 0 Å². The van der Waals surface area contributed by atoms with Crippen LogP contribution in [0.15, 0.2) is 0 Å². The molecule has 1 aliphatic heterocycles. The van der Waals surface area contributed by atoms with Gasteiger partial charge in [0.05, 0.1) is 11.8 Å². The summed E-state index contributed by atoms with van der Waals surface area (Å²) < 4.78 is 5.25. The Hall–Kier alpha value is -1.06. The van der Waals surface area contributed by atoms with Gasteiger partial charge in [0.2, 0.25) is 5.91 Å². The summed E-state index contributed by atoms with van der Waals surface area (Å²) in [7, 11) is 1.63. The van der Waals surface area contributed by atoms with Gasteiger partial charge in [-0.3, -0.25) is 9.59 Å². The van der Waals surface area contributed by atoms with Crippen molar-refractivity contribution in [1.82, 2.24) is 5.32 Å². The number of hydrogen-bond acceptors (Lipinski definition) is 3. The van der Waals surface area contributed by atoms with Gasteiger partial charge in [0.1, 0.15) is 6.10 Å². The maximum atomic E-state index is 11.6. The molecule has 3 fully saturated rings. The van der Waals surface area contributed by atoms with Crippen molar-refractivity contribution >= 4 is 11.9 Å². The van der Waals surface area contributed by atoms with E-state index in [1.165, 1.54) is 0 Å². The first-order chi connectivity index (χ1) is 6.72. The van der Waals surface area contributed by atoms with Crippen LogP contribution in [0.2, 0.25) is 0 Å². The molecule has 1 saturated heterocycles. The minimum Gasteiger partial charge on any atom is -0.462 e. The van der Waals surface area contributed by atoms with Crippen LogP contribution < -0.4 is 5.32 Å². The summed E-state index contributed by atoms with van der Waals surface area (Å²) in [5.74, 6) is 0.319. The van der Waals surface area contributed by atoms with E-state index in [-0.39, 0.29) is 29.8 Å². The number of carbonyl (C=O) groups excluding carboxylic acids is 2. The molecule has 1 N–H and O–H groups in total. The van der Waals surface area contributed by atoms with E-state index < -0.39 is 0 Å². The number of ether oxygens (including phenoxy) is 1. The fraction of sp³-hybridized carbons (Fsp3) is 0.800. The summed E-state index contributed by atoms with van der Waals surface area (Å²) in [6.07, 6.45) is 2.02. The Balaban J connectivity index is 1.95. The lowest BCUT2D eigenvalue weighted by atomic mass is 9.79. The van der Waals surface area contributed by atoms with E-state index in [0.717, 1.165) is 12.8 Å². The third-order valence-electron chi connectivity index (χ3n) is 4.03. The monoisotopic (exact) mass is 195 g/mol. The average molecular weight is 195 g/mol. The normalized spacial score (nSPS) is 48.1. The Labute approximate surface area is 82.0 Å². The second-order valence-electron chi connectivity index (χ2n) is 4.54. The molecule has 4 heteroatoms. The highest BCUT2D eigenvalue weighted by atomic mass is 16.6. The molecule has 0 radical (unpaired) electrons. The molecular weight excluding hydrogens is 182 g/mol. The van der Waals surface area contributed by atoms with Crippen LogP contribution in [-0.4, -0.2) is 25.0 Å². The molecule has 4 nitrogen and oxygen atoms in total. The molecule has 1 amide bonds. The van der Waals surface area contributed by atoms with E-state index in [0.29, 0.717) is 11.8 Å². The van der Waals surface area contributed by atoms with E-state index >= 15 is 0 Å². The lowest BCUT2D eigenvalue weighted by molar-refractivity contribution is -0.145. The van der Waals surface area contributed by atoms with Crippen molar-refractivity contribution in [2.45, 2.75) is 18.9 Å². The minimum absolute atomic E-state index is 0.0137. The first-order valence-corrected chi connectivity index (χ1v) is 5.14. The van der Waals surface area contributed by atoms with Crippen molar-refractivity contribution in [2.75, 3.05) is 7.05 Å². The standard InChI is InChI=1S/C10H13NO3/c1-11-9(12)7-4-2-5-6(3-4)14-10(13)8(5)7/h4-8H,2-3H2,1H3,(H,11,12)/t4-,5-,6+,7+,8-/m0/s1. The second kappa shape index (κ2) is 2.49. The van der Waals surface area contributed by atoms with Crippen molar-refractivity contribution in [3.8, 4) is 0 Å². The number of amides is 1. The van der Waals surface area contributed by atoms with Crippen molar-refractivity contribution in [3.63, 3.8) is 0 Å². The predicted octanol–water partition coefficient (Wildman–Crippen LogP) is -0.0700. The van der Waals surface area contributed by atoms with Crippen molar-refractivity contribution in [1.29, 1.82) is 0 Å². The van der Waals surface area contributed by atoms with Gasteiger partial charge in [-0.15, -0.1) is 0 Å². The van der Waals surface area contributed by atoms with Crippen molar-refractivity contribution in [2.24, 2.45) is 23.7 Å². The Morgan fingerprint density at radius 3 is 3.00 bits per heavy atom. The molecule has 5 atom stereocenters. The topological polar surface area (TPSA) is 55.4 Å². The molecule has 76 valence electrons. The molecule has 14 heavy (non-hydrogen) atoms. The lowest BCUT2D eigenvalue weighted by Gasteiger charge is -2.22. The first kappa shape index (κ1) is 8.26. The van der Waals surface area contributed by atoms with Crippen LogP contribution in [0.3, 0.4) is 0 Å². The SMILES string of the molecule is CNC(=O)[C@@H]1[C@H]2C[C@@H]3[C@@H]1C(=O)O[C@@H]3C2. The van der Waals surface area contributed by atoms with E-state index in [1.54, 1.807) is 7.05 Å². The van der Waals surface area contributed by atoms with Crippen LogP contribution in [0.4, 0.5) is 0 Å².